The van der Waals surface area contributed by atoms with Crippen LogP contribution in [0.4, 0.5) is 17.6 Å². The van der Waals surface area contributed by atoms with Crippen LogP contribution in [0.5, 0.6) is 5.75 Å². The van der Waals surface area contributed by atoms with Crippen LogP contribution < -0.4 is 4.74 Å². The molecule has 100 valence electrons. The van der Waals surface area contributed by atoms with E-state index in [4.69, 9.17) is 5.11 Å². The first kappa shape index (κ1) is 14.2. The predicted octanol–water partition coefficient (Wildman–Crippen LogP) is 2.37. The highest BCUT2D eigenvalue weighted by Gasteiger charge is 2.42. The van der Waals surface area contributed by atoms with E-state index in [2.05, 4.69) is 9.72 Å². The fourth-order valence-corrected chi connectivity index (χ4v) is 1.05. The SMILES string of the molecule is Cc1cc(OCC(F)(F)C(F)F)c(C(=O)O)cn1. The smallest absolute Gasteiger partial charge is 0.341 e. The Bertz CT molecular complexity index is 451. The van der Waals surface area contributed by atoms with Gasteiger partial charge in [-0.1, -0.05) is 0 Å². The summed E-state index contributed by atoms with van der Waals surface area (Å²) in [4.78, 5) is 14.4. The van der Waals surface area contributed by atoms with Crippen LogP contribution in [0.1, 0.15) is 16.1 Å². The summed E-state index contributed by atoms with van der Waals surface area (Å²) in [7, 11) is 0. The Morgan fingerprint density at radius 2 is 2.17 bits per heavy atom. The van der Waals surface area contributed by atoms with Crippen LogP contribution in [-0.2, 0) is 0 Å². The van der Waals surface area contributed by atoms with Crippen LogP contribution >= 0.6 is 0 Å². The van der Waals surface area contributed by atoms with Crippen molar-refractivity contribution in [2.45, 2.75) is 19.3 Å². The molecule has 1 N–H and O–H groups in total. The number of ether oxygens (including phenoxy) is 1. The van der Waals surface area contributed by atoms with Crippen LogP contribution in [0.15, 0.2) is 12.3 Å². The van der Waals surface area contributed by atoms with Crippen molar-refractivity contribution in [3.8, 4) is 5.75 Å². The fourth-order valence-electron chi connectivity index (χ4n) is 1.05. The minimum Gasteiger partial charge on any atom is -0.486 e. The molecule has 0 radical (unpaired) electrons. The van der Waals surface area contributed by atoms with Crippen molar-refractivity contribution in [2.75, 3.05) is 6.61 Å². The lowest BCUT2D eigenvalue weighted by Crippen LogP contribution is -2.34. The van der Waals surface area contributed by atoms with Gasteiger partial charge in [-0.15, -0.1) is 0 Å². The maximum absolute atomic E-state index is 12.6. The van der Waals surface area contributed by atoms with Crippen molar-refractivity contribution in [1.29, 1.82) is 0 Å². The average molecular weight is 267 g/mol. The molecule has 0 bridgehead atoms. The molecule has 1 aromatic heterocycles. The molecule has 0 aliphatic carbocycles. The van der Waals surface area contributed by atoms with Gasteiger partial charge in [-0.3, -0.25) is 4.98 Å². The van der Waals surface area contributed by atoms with Crippen molar-refractivity contribution < 1.29 is 32.2 Å². The Labute approximate surface area is 99.2 Å². The van der Waals surface area contributed by atoms with Gasteiger partial charge in [-0.05, 0) is 6.92 Å². The molecule has 0 aliphatic heterocycles. The second-order valence-electron chi connectivity index (χ2n) is 3.48. The lowest BCUT2D eigenvalue weighted by molar-refractivity contribution is -0.148. The molecular formula is C10H9F4NO3. The molecule has 4 nitrogen and oxygen atoms in total. The van der Waals surface area contributed by atoms with E-state index in [1.165, 1.54) is 6.92 Å². The topological polar surface area (TPSA) is 59.4 Å². The molecule has 0 spiro atoms. The first-order valence-electron chi connectivity index (χ1n) is 4.72. The molecule has 0 aliphatic rings. The van der Waals surface area contributed by atoms with E-state index in [-0.39, 0.29) is 0 Å². The van der Waals surface area contributed by atoms with Gasteiger partial charge >= 0.3 is 18.3 Å². The van der Waals surface area contributed by atoms with E-state index >= 15 is 0 Å². The molecule has 0 fully saturated rings. The zero-order valence-electron chi connectivity index (χ0n) is 9.16. The number of aryl methyl sites for hydroxylation is 1. The van der Waals surface area contributed by atoms with Crippen molar-refractivity contribution in [1.82, 2.24) is 4.98 Å². The summed E-state index contributed by atoms with van der Waals surface area (Å²) < 4.78 is 53.5. The quantitative estimate of drug-likeness (QED) is 0.832. The third-order valence-corrected chi connectivity index (χ3v) is 1.97. The standard InChI is InChI=1S/C10H9F4NO3/c1-5-2-7(6(3-15-5)8(16)17)18-4-10(13,14)9(11)12/h2-3,9H,4H2,1H3,(H,16,17). The van der Waals surface area contributed by atoms with E-state index in [1.54, 1.807) is 0 Å². The number of carboxylic acids is 1. The number of carboxylic acid groups (broad SMARTS) is 1. The Balaban J connectivity index is 2.90. The lowest BCUT2D eigenvalue weighted by Gasteiger charge is -2.16. The van der Waals surface area contributed by atoms with Gasteiger partial charge < -0.3 is 9.84 Å². The summed E-state index contributed by atoms with van der Waals surface area (Å²) in [6, 6.07) is 1.09. The number of hydrogen-bond acceptors (Lipinski definition) is 3. The summed E-state index contributed by atoms with van der Waals surface area (Å²) in [5.74, 6) is -6.21. The van der Waals surface area contributed by atoms with Gasteiger partial charge in [0.05, 0.1) is 0 Å². The van der Waals surface area contributed by atoms with E-state index in [0.29, 0.717) is 5.69 Å². The second-order valence-corrected chi connectivity index (χ2v) is 3.48. The van der Waals surface area contributed by atoms with Crippen molar-refractivity contribution in [2.24, 2.45) is 0 Å². The number of aromatic carboxylic acids is 1. The van der Waals surface area contributed by atoms with Crippen molar-refractivity contribution in [3.05, 3.63) is 23.5 Å². The molecule has 0 unspecified atom stereocenters. The number of alkyl halides is 4. The Hall–Kier alpha value is -1.86. The molecule has 1 aromatic rings. The van der Waals surface area contributed by atoms with Crippen molar-refractivity contribution in [3.63, 3.8) is 0 Å². The van der Waals surface area contributed by atoms with Crippen molar-refractivity contribution >= 4 is 5.97 Å². The number of halogens is 4. The Morgan fingerprint density at radius 1 is 1.56 bits per heavy atom. The van der Waals surface area contributed by atoms with Crippen LogP contribution in [0, 0.1) is 6.92 Å². The van der Waals surface area contributed by atoms with E-state index in [1.807, 2.05) is 0 Å². The van der Waals surface area contributed by atoms with E-state index < -0.39 is 36.2 Å². The maximum Gasteiger partial charge on any atom is 0.341 e. The highest BCUT2D eigenvalue weighted by molar-refractivity contribution is 5.90. The van der Waals surface area contributed by atoms with Gasteiger partial charge in [-0.25, -0.2) is 13.6 Å². The number of aromatic nitrogens is 1. The summed E-state index contributed by atoms with van der Waals surface area (Å²) >= 11 is 0. The molecule has 0 atom stereocenters. The maximum atomic E-state index is 12.6. The summed E-state index contributed by atoms with van der Waals surface area (Å²) in [6.07, 6.45) is -2.97. The van der Waals surface area contributed by atoms with E-state index in [0.717, 1.165) is 12.3 Å². The molecule has 18 heavy (non-hydrogen) atoms. The first-order chi connectivity index (χ1) is 8.24. The average Bonchev–Trinajstić information content (AvgIpc) is 2.26. The number of pyridine rings is 1. The Morgan fingerprint density at radius 3 is 2.67 bits per heavy atom. The highest BCUT2D eigenvalue weighted by atomic mass is 19.3. The minimum absolute atomic E-state index is 0.315. The third kappa shape index (κ3) is 3.31. The summed E-state index contributed by atoms with van der Waals surface area (Å²) in [6.45, 7) is -0.127. The molecule has 0 aromatic carbocycles. The zero-order valence-corrected chi connectivity index (χ0v) is 9.16. The van der Waals surface area contributed by atoms with Gasteiger partial charge in [0, 0.05) is 18.0 Å². The highest BCUT2D eigenvalue weighted by Crippen LogP contribution is 2.26. The molecule has 8 heteroatoms. The van der Waals surface area contributed by atoms with Crippen LogP contribution in [0.2, 0.25) is 0 Å². The van der Waals surface area contributed by atoms with Gasteiger partial charge in [0.1, 0.15) is 11.3 Å². The van der Waals surface area contributed by atoms with Gasteiger partial charge in [0.25, 0.3) is 0 Å². The first-order valence-corrected chi connectivity index (χ1v) is 4.72. The predicted molar refractivity (Wildman–Crippen MR) is 52.4 cm³/mol. The number of hydrogen-bond donors (Lipinski definition) is 1. The van der Waals surface area contributed by atoms with Crippen LogP contribution in [-0.4, -0.2) is 35.0 Å². The summed E-state index contributed by atoms with van der Waals surface area (Å²) in [5.41, 5.74) is -0.152. The Kier molecular flexibility index (Phi) is 4.10. The molecule has 1 heterocycles. The molecule has 0 saturated heterocycles. The monoisotopic (exact) mass is 267 g/mol. The fraction of sp³-hybridized carbons (Fsp3) is 0.400. The van der Waals surface area contributed by atoms with Gasteiger partial charge in [0.15, 0.2) is 6.61 Å². The largest absolute Gasteiger partial charge is 0.486 e. The second kappa shape index (κ2) is 5.19. The van der Waals surface area contributed by atoms with Crippen LogP contribution in [0.3, 0.4) is 0 Å². The molecule has 0 saturated carbocycles. The van der Waals surface area contributed by atoms with E-state index in [9.17, 15) is 22.4 Å². The molecular weight excluding hydrogens is 258 g/mol. The molecule has 1 rings (SSSR count). The minimum atomic E-state index is -4.34. The third-order valence-electron chi connectivity index (χ3n) is 1.97. The summed E-state index contributed by atoms with van der Waals surface area (Å²) in [5, 5.41) is 8.74. The van der Waals surface area contributed by atoms with Gasteiger partial charge in [0.2, 0.25) is 0 Å². The number of rotatable bonds is 5. The number of carbonyl (C=O) groups is 1. The van der Waals surface area contributed by atoms with Crippen LogP contribution in [0.25, 0.3) is 0 Å². The lowest BCUT2D eigenvalue weighted by atomic mass is 10.2. The zero-order chi connectivity index (χ0) is 13.9. The van der Waals surface area contributed by atoms with Gasteiger partial charge in [-0.2, -0.15) is 8.78 Å². The normalized spacial score (nSPS) is 11.7. The molecule has 0 amide bonds. The number of nitrogens with zero attached hydrogens (tertiary/aromatic N) is 1.